The Kier molecular flexibility index (Phi) is 5.20. The molecule has 1 fully saturated rings. The van der Waals surface area contributed by atoms with Crippen LogP contribution in [0.4, 0.5) is 5.69 Å². The van der Waals surface area contributed by atoms with Gasteiger partial charge in [-0.2, -0.15) is 5.26 Å². The number of nitrogens with zero attached hydrogens (tertiary/aromatic N) is 2. The Bertz CT molecular complexity index is 465. The van der Waals surface area contributed by atoms with Crippen molar-refractivity contribution in [1.29, 1.82) is 5.26 Å². The van der Waals surface area contributed by atoms with Gasteiger partial charge in [-0.3, -0.25) is 0 Å². The van der Waals surface area contributed by atoms with Crippen molar-refractivity contribution in [1.82, 2.24) is 0 Å². The zero-order valence-corrected chi connectivity index (χ0v) is 12.3. The van der Waals surface area contributed by atoms with Crippen LogP contribution < -0.4 is 4.90 Å². The van der Waals surface area contributed by atoms with E-state index in [-0.39, 0.29) is 12.7 Å². The lowest BCUT2D eigenvalue weighted by Gasteiger charge is -2.34. The van der Waals surface area contributed by atoms with E-state index in [9.17, 15) is 0 Å². The van der Waals surface area contributed by atoms with Gasteiger partial charge in [0.25, 0.3) is 0 Å². The van der Waals surface area contributed by atoms with Gasteiger partial charge in [-0.1, -0.05) is 15.9 Å². The van der Waals surface area contributed by atoms with E-state index in [1.807, 2.05) is 18.2 Å². The zero-order chi connectivity index (χ0) is 13.7. The molecule has 0 spiro atoms. The summed E-state index contributed by atoms with van der Waals surface area (Å²) in [5.41, 5.74) is 1.69. The van der Waals surface area contributed by atoms with Gasteiger partial charge in [0.15, 0.2) is 0 Å². The number of hydrogen-bond donors (Lipinski definition) is 1. The average Bonchev–Trinajstić information content (AvgIpc) is 2.45. The van der Waals surface area contributed by atoms with Crippen molar-refractivity contribution in [3.05, 3.63) is 28.2 Å². The smallest absolute Gasteiger partial charge is 0.101 e. The zero-order valence-electron chi connectivity index (χ0n) is 10.7. The van der Waals surface area contributed by atoms with E-state index in [0.717, 1.165) is 36.1 Å². The molecule has 1 aliphatic rings. The molecule has 1 aromatic carbocycles. The second kappa shape index (κ2) is 6.90. The highest BCUT2D eigenvalue weighted by atomic mass is 79.9. The van der Waals surface area contributed by atoms with Gasteiger partial charge in [-0.15, -0.1) is 0 Å². The summed E-state index contributed by atoms with van der Waals surface area (Å²) in [6, 6.07) is 7.96. The molecule has 5 heteroatoms. The number of aliphatic hydroxyl groups excluding tert-OH is 1. The fourth-order valence-electron chi connectivity index (χ4n) is 2.34. The van der Waals surface area contributed by atoms with Gasteiger partial charge in [-0.05, 0) is 31.0 Å². The Labute approximate surface area is 121 Å². The monoisotopic (exact) mass is 324 g/mol. The summed E-state index contributed by atoms with van der Waals surface area (Å²) in [7, 11) is 0. The Morgan fingerprint density at radius 3 is 2.79 bits per heavy atom. The maximum atomic E-state index is 9.16. The predicted molar refractivity (Wildman–Crippen MR) is 77.1 cm³/mol. The number of aliphatic hydroxyl groups is 1. The number of anilines is 1. The van der Waals surface area contributed by atoms with Crippen LogP contribution in [0.5, 0.6) is 0 Å². The topological polar surface area (TPSA) is 56.5 Å². The minimum Gasteiger partial charge on any atom is -0.394 e. The second-order valence-electron chi connectivity index (χ2n) is 4.55. The maximum Gasteiger partial charge on any atom is 0.101 e. The molecule has 1 aliphatic heterocycles. The largest absolute Gasteiger partial charge is 0.394 e. The van der Waals surface area contributed by atoms with E-state index < -0.39 is 0 Å². The van der Waals surface area contributed by atoms with Gasteiger partial charge in [0, 0.05) is 17.6 Å². The molecule has 2 rings (SSSR count). The van der Waals surface area contributed by atoms with Crippen LogP contribution in [0.15, 0.2) is 22.7 Å². The van der Waals surface area contributed by atoms with Crippen LogP contribution in [-0.2, 0) is 4.74 Å². The molecule has 0 amide bonds. The highest BCUT2D eigenvalue weighted by molar-refractivity contribution is 9.10. The number of benzene rings is 1. The Hall–Kier alpha value is -1.09. The summed E-state index contributed by atoms with van der Waals surface area (Å²) in [6.45, 7) is 2.23. The number of ether oxygens (including phenoxy) is 1. The van der Waals surface area contributed by atoms with E-state index in [1.54, 1.807) is 0 Å². The summed E-state index contributed by atoms with van der Waals surface area (Å²) in [5, 5.41) is 17.9. The van der Waals surface area contributed by atoms with Crippen LogP contribution in [0.25, 0.3) is 0 Å². The van der Waals surface area contributed by atoms with Crippen molar-refractivity contribution in [3.63, 3.8) is 0 Å². The first-order valence-corrected chi connectivity index (χ1v) is 7.21. The van der Waals surface area contributed by atoms with E-state index in [0.29, 0.717) is 12.2 Å². The molecule has 1 aromatic rings. The molecule has 0 aliphatic carbocycles. The molecule has 1 saturated heterocycles. The third kappa shape index (κ3) is 3.69. The molecule has 0 radical (unpaired) electrons. The highest BCUT2D eigenvalue weighted by Gasteiger charge is 2.21. The molecular weight excluding hydrogens is 308 g/mol. The van der Waals surface area contributed by atoms with Crippen LogP contribution in [0.1, 0.15) is 18.4 Å². The van der Waals surface area contributed by atoms with Gasteiger partial charge in [0.2, 0.25) is 0 Å². The number of halogens is 1. The molecule has 0 atom stereocenters. The van der Waals surface area contributed by atoms with E-state index in [2.05, 4.69) is 26.9 Å². The van der Waals surface area contributed by atoms with Gasteiger partial charge in [-0.25, -0.2) is 0 Å². The fraction of sp³-hybridized carbons (Fsp3) is 0.500. The summed E-state index contributed by atoms with van der Waals surface area (Å²) in [6.07, 6.45) is 2.08. The standard InChI is InChI=1S/C14H17BrN2O2/c15-12-2-1-11(10-16)14(9-12)17-5-3-13(4-6-17)19-8-7-18/h1-2,9,13,18H,3-8H2. The first kappa shape index (κ1) is 14.3. The fourth-order valence-corrected chi connectivity index (χ4v) is 2.69. The van der Waals surface area contributed by atoms with E-state index in [4.69, 9.17) is 15.1 Å². The van der Waals surface area contributed by atoms with Crippen molar-refractivity contribution in [3.8, 4) is 6.07 Å². The lowest BCUT2D eigenvalue weighted by molar-refractivity contribution is 0.0159. The van der Waals surface area contributed by atoms with E-state index >= 15 is 0 Å². The molecule has 4 nitrogen and oxygen atoms in total. The molecule has 0 saturated carbocycles. The minimum atomic E-state index is 0.0738. The summed E-state index contributed by atoms with van der Waals surface area (Å²) in [4.78, 5) is 2.22. The van der Waals surface area contributed by atoms with E-state index in [1.165, 1.54) is 0 Å². The summed E-state index contributed by atoms with van der Waals surface area (Å²) in [5.74, 6) is 0. The summed E-state index contributed by atoms with van der Waals surface area (Å²) >= 11 is 3.45. The lowest BCUT2D eigenvalue weighted by atomic mass is 10.1. The second-order valence-corrected chi connectivity index (χ2v) is 5.47. The molecule has 0 unspecified atom stereocenters. The van der Waals surface area contributed by atoms with Crippen molar-refractivity contribution in [2.24, 2.45) is 0 Å². The van der Waals surface area contributed by atoms with Crippen LogP contribution >= 0.6 is 15.9 Å². The van der Waals surface area contributed by atoms with Crippen molar-refractivity contribution in [2.75, 3.05) is 31.2 Å². The van der Waals surface area contributed by atoms with Crippen molar-refractivity contribution in [2.45, 2.75) is 18.9 Å². The normalized spacial score (nSPS) is 16.4. The molecular formula is C14H17BrN2O2. The molecule has 102 valence electrons. The molecule has 0 bridgehead atoms. The third-order valence-electron chi connectivity index (χ3n) is 3.31. The lowest BCUT2D eigenvalue weighted by Crippen LogP contribution is -2.37. The van der Waals surface area contributed by atoms with Crippen LogP contribution in [-0.4, -0.2) is 37.5 Å². The average molecular weight is 325 g/mol. The Morgan fingerprint density at radius 2 is 2.16 bits per heavy atom. The van der Waals surface area contributed by atoms with Crippen LogP contribution in [0.2, 0.25) is 0 Å². The van der Waals surface area contributed by atoms with Crippen molar-refractivity contribution >= 4 is 21.6 Å². The molecule has 1 N–H and O–H groups in total. The predicted octanol–water partition coefficient (Wildman–Crippen LogP) is 2.30. The molecule has 1 heterocycles. The number of rotatable bonds is 4. The SMILES string of the molecule is N#Cc1ccc(Br)cc1N1CCC(OCCO)CC1. The van der Waals surface area contributed by atoms with Gasteiger partial charge >= 0.3 is 0 Å². The molecule has 19 heavy (non-hydrogen) atoms. The quantitative estimate of drug-likeness (QED) is 0.923. The third-order valence-corrected chi connectivity index (χ3v) is 3.80. The number of piperidine rings is 1. The highest BCUT2D eigenvalue weighted by Crippen LogP contribution is 2.27. The molecule has 0 aromatic heterocycles. The Morgan fingerprint density at radius 1 is 1.42 bits per heavy atom. The Balaban J connectivity index is 2.01. The maximum absolute atomic E-state index is 9.16. The first-order valence-electron chi connectivity index (χ1n) is 6.41. The van der Waals surface area contributed by atoms with Gasteiger partial charge in [0.1, 0.15) is 6.07 Å². The number of hydrogen-bond acceptors (Lipinski definition) is 4. The minimum absolute atomic E-state index is 0.0738. The van der Waals surface area contributed by atoms with Gasteiger partial charge < -0.3 is 14.7 Å². The van der Waals surface area contributed by atoms with Crippen LogP contribution in [0, 0.1) is 11.3 Å². The van der Waals surface area contributed by atoms with Crippen LogP contribution in [0.3, 0.4) is 0 Å². The van der Waals surface area contributed by atoms with Gasteiger partial charge in [0.05, 0.1) is 30.6 Å². The first-order chi connectivity index (χ1) is 9.24. The summed E-state index contributed by atoms with van der Waals surface area (Å²) < 4.78 is 6.53. The van der Waals surface area contributed by atoms with Crippen molar-refractivity contribution < 1.29 is 9.84 Å². The number of nitriles is 1.